The first-order valence-corrected chi connectivity index (χ1v) is 8.98. The molecule has 0 spiro atoms. The van der Waals surface area contributed by atoms with E-state index >= 15 is 0 Å². The molecule has 0 atom stereocenters. The van der Waals surface area contributed by atoms with E-state index in [4.69, 9.17) is 5.26 Å². The lowest BCUT2D eigenvalue weighted by Gasteiger charge is -2.10. The average molecular weight is 341 g/mol. The van der Waals surface area contributed by atoms with Crippen molar-refractivity contribution >= 4 is 27.0 Å². The van der Waals surface area contributed by atoms with Crippen LogP contribution in [0.15, 0.2) is 65.0 Å². The van der Waals surface area contributed by atoms with Gasteiger partial charge in [0.25, 0.3) is 10.0 Å². The first kappa shape index (κ1) is 15.2. The molecule has 0 aliphatic heterocycles. The van der Waals surface area contributed by atoms with Crippen molar-refractivity contribution in [2.75, 3.05) is 4.72 Å². The van der Waals surface area contributed by atoms with Gasteiger partial charge in [-0.05, 0) is 24.3 Å². The molecule has 5 nitrogen and oxygen atoms in total. The Bertz CT molecular complexity index is 975. The van der Waals surface area contributed by atoms with Crippen LogP contribution in [0.5, 0.6) is 0 Å². The number of anilines is 1. The van der Waals surface area contributed by atoms with Gasteiger partial charge in [-0.2, -0.15) is 5.26 Å². The SMILES string of the molecule is N#Cc1ccccc1S(=O)(=O)Nc1cccc(-c2nccs2)c1. The molecular formula is C16H11N3O2S2. The third-order valence-corrected chi connectivity index (χ3v) is 5.35. The average Bonchev–Trinajstić information content (AvgIpc) is 3.09. The maximum absolute atomic E-state index is 12.5. The minimum atomic E-state index is -3.83. The number of thiazole rings is 1. The summed E-state index contributed by atoms with van der Waals surface area (Å²) >= 11 is 1.47. The zero-order valence-electron chi connectivity index (χ0n) is 11.8. The summed E-state index contributed by atoms with van der Waals surface area (Å²) < 4.78 is 27.5. The van der Waals surface area contributed by atoms with Crippen molar-refractivity contribution in [2.24, 2.45) is 0 Å². The fraction of sp³-hybridized carbons (Fsp3) is 0. The number of rotatable bonds is 4. The van der Waals surface area contributed by atoms with Gasteiger partial charge in [-0.15, -0.1) is 11.3 Å². The summed E-state index contributed by atoms with van der Waals surface area (Å²) in [4.78, 5) is 4.17. The first-order chi connectivity index (χ1) is 11.1. The molecule has 0 radical (unpaired) electrons. The fourth-order valence-corrected chi connectivity index (χ4v) is 3.93. The van der Waals surface area contributed by atoms with Crippen LogP contribution in [0, 0.1) is 11.3 Å². The van der Waals surface area contributed by atoms with Crippen LogP contribution in [-0.2, 0) is 10.0 Å². The topological polar surface area (TPSA) is 82.8 Å². The van der Waals surface area contributed by atoms with Gasteiger partial charge >= 0.3 is 0 Å². The minimum absolute atomic E-state index is 0.0397. The molecule has 7 heteroatoms. The Morgan fingerprint density at radius 1 is 1.13 bits per heavy atom. The molecule has 0 saturated heterocycles. The molecule has 0 amide bonds. The van der Waals surface area contributed by atoms with Gasteiger partial charge in [0.1, 0.15) is 16.0 Å². The Kier molecular flexibility index (Phi) is 4.10. The van der Waals surface area contributed by atoms with Crippen LogP contribution in [0.25, 0.3) is 10.6 Å². The number of nitrogens with zero attached hydrogens (tertiary/aromatic N) is 2. The highest BCUT2D eigenvalue weighted by molar-refractivity contribution is 7.92. The van der Waals surface area contributed by atoms with E-state index in [-0.39, 0.29) is 10.5 Å². The Morgan fingerprint density at radius 2 is 1.96 bits per heavy atom. The normalized spacial score (nSPS) is 10.9. The van der Waals surface area contributed by atoms with Crippen LogP contribution in [0.1, 0.15) is 5.56 Å². The third kappa shape index (κ3) is 3.23. The second kappa shape index (κ2) is 6.20. The lowest BCUT2D eigenvalue weighted by molar-refractivity contribution is 0.601. The largest absolute Gasteiger partial charge is 0.280 e. The van der Waals surface area contributed by atoms with Gasteiger partial charge in [0, 0.05) is 22.8 Å². The number of aromatic nitrogens is 1. The van der Waals surface area contributed by atoms with Crippen LogP contribution in [0.4, 0.5) is 5.69 Å². The highest BCUT2D eigenvalue weighted by atomic mass is 32.2. The number of benzene rings is 2. The van der Waals surface area contributed by atoms with Crippen LogP contribution < -0.4 is 4.72 Å². The second-order valence-corrected chi connectivity index (χ2v) is 7.18. The lowest BCUT2D eigenvalue weighted by Crippen LogP contribution is -2.14. The van der Waals surface area contributed by atoms with Gasteiger partial charge in [0.2, 0.25) is 0 Å². The summed E-state index contributed by atoms with van der Waals surface area (Å²) in [7, 11) is -3.83. The number of nitriles is 1. The predicted octanol–water partition coefficient (Wildman–Crippen LogP) is 3.48. The van der Waals surface area contributed by atoms with Crippen molar-refractivity contribution in [3.63, 3.8) is 0 Å². The molecule has 0 aliphatic rings. The smallest absolute Gasteiger partial charge is 0.263 e. The van der Waals surface area contributed by atoms with Crippen molar-refractivity contribution in [1.29, 1.82) is 5.26 Å². The first-order valence-electron chi connectivity index (χ1n) is 6.62. The van der Waals surface area contributed by atoms with E-state index in [2.05, 4.69) is 9.71 Å². The predicted molar refractivity (Wildman–Crippen MR) is 89.5 cm³/mol. The molecule has 23 heavy (non-hydrogen) atoms. The zero-order chi connectivity index (χ0) is 16.3. The Balaban J connectivity index is 1.96. The van der Waals surface area contributed by atoms with Crippen LogP contribution in [0.3, 0.4) is 0 Å². The Morgan fingerprint density at radius 3 is 2.70 bits per heavy atom. The lowest BCUT2D eigenvalue weighted by atomic mass is 10.2. The van der Waals surface area contributed by atoms with E-state index in [1.165, 1.54) is 23.5 Å². The molecule has 0 unspecified atom stereocenters. The van der Waals surface area contributed by atoms with E-state index in [9.17, 15) is 8.42 Å². The minimum Gasteiger partial charge on any atom is -0.280 e. The van der Waals surface area contributed by atoms with Crippen LogP contribution in [-0.4, -0.2) is 13.4 Å². The number of hydrogen-bond donors (Lipinski definition) is 1. The summed E-state index contributed by atoms with van der Waals surface area (Å²) in [6, 6.07) is 15.0. The summed E-state index contributed by atoms with van der Waals surface area (Å²) in [6.45, 7) is 0. The molecule has 0 aliphatic carbocycles. The molecule has 0 bridgehead atoms. The van der Waals surface area contributed by atoms with Crippen molar-refractivity contribution in [1.82, 2.24) is 4.98 Å². The van der Waals surface area contributed by atoms with Crippen LogP contribution >= 0.6 is 11.3 Å². The van der Waals surface area contributed by atoms with E-state index in [1.54, 1.807) is 36.5 Å². The van der Waals surface area contributed by atoms with E-state index in [1.807, 2.05) is 17.5 Å². The standard InChI is InChI=1S/C16H11N3O2S2/c17-11-13-4-1-2-7-15(13)23(20,21)19-14-6-3-5-12(10-14)16-18-8-9-22-16/h1-10,19H. The second-order valence-electron chi connectivity index (χ2n) is 4.63. The monoisotopic (exact) mass is 341 g/mol. The van der Waals surface area contributed by atoms with Crippen molar-refractivity contribution in [3.8, 4) is 16.6 Å². The summed E-state index contributed by atoms with van der Waals surface area (Å²) in [5, 5.41) is 11.7. The summed E-state index contributed by atoms with van der Waals surface area (Å²) in [6.07, 6.45) is 1.69. The molecule has 114 valence electrons. The van der Waals surface area contributed by atoms with E-state index in [0.29, 0.717) is 5.69 Å². The van der Waals surface area contributed by atoms with Gasteiger partial charge in [-0.1, -0.05) is 24.3 Å². The van der Waals surface area contributed by atoms with Gasteiger partial charge in [0.05, 0.1) is 5.56 Å². The molecule has 0 fully saturated rings. The van der Waals surface area contributed by atoms with Gasteiger partial charge in [-0.25, -0.2) is 13.4 Å². The Labute approximate surface area is 137 Å². The van der Waals surface area contributed by atoms with Crippen molar-refractivity contribution in [2.45, 2.75) is 4.90 Å². The number of hydrogen-bond acceptors (Lipinski definition) is 5. The number of nitrogens with one attached hydrogen (secondary N) is 1. The van der Waals surface area contributed by atoms with Crippen molar-refractivity contribution < 1.29 is 8.42 Å². The molecule has 2 aromatic carbocycles. The zero-order valence-corrected chi connectivity index (χ0v) is 13.4. The van der Waals surface area contributed by atoms with Gasteiger partial charge in [-0.3, -0.25) is 4.72 Å². The molecule has 1 aromatic heterocycles. The van der Waals surface area contributed by atoms with Crippen molar-refractivity contribution in [3.05, 3.63) is 65.7 Å². The molecule has 3 rings (SSSR count). The maximum atomic E-state index is 12.5. The third-order valence-electron chi connectivity index (χ3n) is 3.09. The fourth-order valence-electron chi connectivity index (χ4n) is 2.09. The molecule has 1 N–H and O–H groups in total. The summed E-state index contributed by atoms with van der Waals surface area (Å²) in [5.41, 5.74) is 1.36. The van der Waals surface area contributed by atoms with Gasteiger partial charge < -0.3 is 0 Å². The Hall–Kier alpha value is -2.69. The van der Waals surface area contributed by atoms with Gasteiger partial charge in [0.15, 0.2) is 0 Å². The molecule has 0 saturated carbocycles. The highest BCUT2D eigenvalue weighted by Gasteiger charge is 2.18. The molecule has 3 aromatic rings. The quantitative estimate of drug-likeness (QED) is 0.787. The molecule has 1 heterocycles. The highest BCUT2D eigenvalue weighted by Crippen LogP contribution is 2.26. The van der Waals surface area contributed by atoms with Crippen LogP contribution in [0.2, 0.25) is 0 Å². The van der Waals surface area contributed by atoms with E-state index < -0.39 is 10.0 Å². The summed E-state index contributed by atoms with van der Waals surface area (Å²) in [5.74, 6) is 0. The number of sulfonamides is 1. The maximum Gasteiger partial charge on any atom is 0.263 e. The molecular weight excluding hydrogens is 330 g/mol. The van der Waals surface area contributed by atoms with E-state index in [0.717, 1.165) is 10.6 Å².